The van der Waals surface area contributed by atoms with E-state index in [1.165, 1.54) is 7.11 Å². The van der Waals surface area contributed by atoms with Crippen molar-refractivity contribution < 1.29 is 14.3 Å². The van der Waals surface area contributed by atoms with E-state index in [1.54, 1.807) is 25.1 Å². The van der Waals surface area contributed by atoms with E-state index in [4.69, 9.17) is 10.00 Å². The number of methoxy groups -OCH3 is 1. The van der Waals surface area contributed by atoms with Crippen LogP contribution in [0, 0.1) is 31.1 Å². The van der Waals surface area contributed by atoms with Gasteiger partial charge in [-0.05, 0) is 38.0 Å². The highest BCUT2D eigenvalue weighted by Crippen LogP contribution is 2.14. The first-order valence-corrected chi connectivity index (χ1v) is 6.71. The molecule has 0 saturated heterocycles. The molecular formula is C16H20N2O3. The summed E-state index contributed by atoms with van der Waals surface area (Å²) in [6.07, 6.45) is 0. The molecule has 0 aromatic heterocycles. The summed E-state index contributed by atoms with van der Waals surface area (Å²) in [6.45, 7) is 5.89. The maximum atomic E-state index is 12.3. The smallest absolute Gasteiger partial charge is 0.245 e. The molecule has 5 nitrogen and oxygen atoms in total. The summed E-state index contributed by atoms with van der Waals surface area (Å²) in [5.41, 5.74) is 2.38. The van der Waals surface area contributed by atoms with Gasteiger partial charge in [0.1, 0.15) is 0 Å². The highest BCUT2D eigenvalue weighted by atomic mass is 16.5. The standard InChI is InChI=1S/C16H20N2O3/c1-10-5-6-13(7-11(10)2)15(19)14(8-17)16(20)18-12(3)9-21-4/h5-7,12,14H,9H2,1-4H3,(H,18,20)/t12-,14-/m1/s1. The minimum atomic E-state index is -1.34. The van der Waals surface area contributed by atoms with Crippen molar-refractivity contribution in [3.63, 3.8) is 0 Å². The van der Waals surface area contributed by atoms with Gasteiger partial charge in [0.25, 0.3) is 0 Å². The summed E-state index contributed by atoms with van der Waals surface area (Å²) in [4.78, 5) is 24.3. The molecule has 0 spiro atoms. The van der Waals surface area contributed by atoms with Crippen molar-refractivity contribution in [2.24, 2.45) is 5.92 Å². The van der Waals surface area contributed by atoms with Crippen molar-refractivity contribution in [2.75, 3.05) is 13.7 Å². The Morgan fingerprint density at radius 1 is 1.33 bits per heavy atom. The molecule has 1 amide bonds. The van der Waals surface area contributed by atoms with Crippen LogP contribution in [0.25, 0.3) is 0 Å². The number of aryl methyl sites for hydroxylation is 2. The normalized spacial score (nSPS) is 13.1. The molecule has 0 saturated carbocycles. The molecule has 1 aromatic rings. The van der Waals surface area contributed by atoms with Gasteiger partial charge in [-0.1, -0.05) is 12.1 Å². The molecular weight excluding hydrogens is 268 g/mol. The van der Waals surface area contributed by atoms with Gasteiger partial charge in [0.2, 0.25) is 5.91 Å². The first-order chi connectivity index (χ1) is 9.90. The molecule has 1 N–H and O–H groups in total. The molecule has 0 unspecified atom stereocenters. The Bertz CT molecular complexity index is 575. The Morgan fingerprint density at radius 2 is 2.00 bits per heavy atom. The number of ketones is 1. The Kier molecular flexibility index (Phi) is 6.07. The average Bonchev–Trinajstić information content (AvgIpc) is 2.42. The highest BCUT2D eigenvalue weighted by molar-refractivity contribution is 6.12. The fraction of sp³-hybridized carbons (Fsp3) is 0.438. The van der Waals surface area contributed by atoms with Crippen LogP contribution in [0.2, 0.25) is 0 Å². The fourth-order valence-corrected chi connectivity index (χ4v) is 1.92. The van der Waals surface area contributed by atoms with Crippen LogP contribution in [0.4, 0.5) is 0 Å². The van der Waals surface area contributed by atoms with Gasteiger partial charge in [0.15, 0.2) is 11.7 Å². The summed E-state index contributed by atoms with van der Waals surface area (Å²) in [5.74, 6) is -2.42. The van der Waals surface area contributed by atoms with Crippen LogP contribution in [0.1, 0.15) is 28.4 Å². The van der Waals surface area contributed by atoms with Crippen LogP contribution < -0.4 is 5.32 Å². The number of carbonyl (C=O) groups is 2. The second-order valence-corrected chi connectivity index (χ2v) is 5.09. The maximum absolute atomic E-state index is 12.3. The van der Waals surface area contributed by atoms with Gasteiger partial charge in [-0.2, -0.15) is 5.26 Å². The number of nitrogens with zero attached hydrogens (tertiary/aromatic N) is 1. The predicted molar refractivity (Wildman–Crippen MR) is 78.8 cm³/mol. The number of hydrogen-bond donors (Lipinski definition) is 1. The van der Waals surface area contributed by atoms with Gasteiger partial charge in [0, 0.05) is 18.7 Å². The average molecular weight is 288 g/mol. The Morgan fingerprint density at radius 3 is 2.52 bits per heavy atom. The number of nitrogens with one attached hydrogen (secondary N) is 1. The minimum absolute atomic E-state index is 0.258. The number of nitriles is 1. The van der Waals surface area contributed by atoms with Crippen LogP contribution in [-0.2, 0) is 9.53 Å². The van der Waals surface area contributed by atoms with Crippen LogP contribution in [0.5, 0.6) is 0 Å². The van der Waals surface area contributed by atoms with Crippen molar-refractivity contribution in [2.45, 2.75) is 26.8 Å². The maximum Gasteiger partial charge on any atom is 0.245 e. The van der Waals surface area contributed by atoms with E-state index in [0.717, 1.165) is 11.1 Å². The van der Waals surface area contributed by atoms with Gasteiger partial charge in [0.05, 0.1) is 12.7 Å². The van der Waals surface area contributed by atoms with E-state index in [1.807, 2.05) is 19.9 Å². The topological polar surface area (TPSA) is 79.2 Å². The number of ether oxygens (including phenoxy) is 1. The van der Waals surface area contributed by atoms with E-state index in [9.17, 15) is 9.59 Å². The first kappa shape index (κ1) is 16.9. The zero-order chi connectivity index (χ0) is 16.0. The third-order valence-corrected chi connectivity index (χ3v) is 3.25. The predicted octanol–water partition coefficient (Wildman–Crippen LogP) is 1.78. The number of amides is 1. The molecule has 112 valence electrons. The van der Waals surface area contributed by atoms with E-state index in [0.29, 0.717) is 12.2 Å². The zero-order valence-electron chi connectivity index (χ0n) is 12.8. The van der Waals surface area contributed by atoms with Crippen LogP contribution in [0.3, 0.4) is 0 Å². The Hall–Kier alpha value is -2.19. The SMILES string of the molecule is COC[C@@H](C)NC(=O)[C@H](C#N)C(=O)c1ccc(C)c(C)c1. The van der Waals surface area contributed by atoms with Gasteiger partial charge in [-0.15, -0.1) is 0 Å². The Labute approximate surface area is 124 Å². The van der Waals surface area contributed by atoms with Crippen molar-refractivity contribution in [1.82, 2.24) is 5.32 Å². The summed E-state index contributed by atoms with van der Waals surface area (Å²) in [7, 11) is 1.52. The van der Waals surface area contributed by atoms with Gasteiger partial charge >= 0.3 is 0 Å². The number of carbonyl (C=O) groups excluding carboxylic acids is 2. The molecule has 0 heterocycles. The van der Waals surface area contributed by atoms with E-state index >= 15 is 0 Å². The highest BCUT2D eigenvalue weighted by Gasteiger charge is 2.28. The monoisotopic (exact) mass is 288 g/mol. The fourth-order valence-electron chi connectivity index (χ4n) is 1.92. The third-order valence-electron chi connectivity index (χ3n) is 3.25. The molecule has 1 rings (SSSR count). The molecule has 0 fully saturated rings. The van der Waals surface area contributed by atoms with E-state index < -0.39 is 17.6 Å². The van der Waals surface area contributed by atoms with E-state index in [2.05, 4.69) is 5.32 Å². The number of benzene rings is 1. The second kappa shape index (κ2) is 7.55. The van der Waals surface area contributed by atoms with Crippen molar-refractivity contribution in [3.8, 4) is 6.07 Å². The second-order valence-electron chi connectivity index (χ2n) is 5.09. The van der Waals surface area contributed by atoms with Crippen molar-refractivity contribution in [3.05, 3.63) is 34.9 Å². The summed E-state index contributed by atoms with van der Waals surface area (Å²) < 4.78 is 4.91. The molecule has 2 atom stereocenters. The lowest BCUT2D eigenvalue weighted by atomic mass is 9.95. The number of rotatable bonds is 6. The quantitative estimate of drug-likeness (QED) is 0.639. The number of Topliss-reactive ketones (excluding diaryl/α,β-unsaturated/α-hetero) is 1. The molecule has 0 aliphatic carbocycles. The van der Waals surface area contributed by atoms with Gasteiger partial charge in [-0.25, -0.2) is 0 Å². The van der Waals surface area contributed by atoms with Gasteiger partial charge in [-0.3, -0.25) is 9.59 Å². The van der Waals surface area contributed by atoms with Crippen LogP contribution in [0.15, 0.2) is 18.2 Å². The van der Waals surface area contributed by atoms with Crippen molar-refractivity contribution >= 4 is 11.7 Å². The summed E-state index contributed by atoms with van der Waals surface area (Å²) >= 11 is 0. The molecule has 21 heavy (non-hydrogen) atoms. The van der Waals surface area contributed by atoms with E-state index in [-0.39, 0.29) is 6.04 Å². The molecule has 0 radical (unpaired) electrons. The lowest BCUT2D eigenvalue weighted by molar-refractivity contribution is -0.123. The van der Waals surface area contributed by atoms with Crippen LogP contribution in [-0.4, -0.2) is 31.4 Å². The summed E-state index contributed by atoms with van der Waals surface area (Å²) in [6, 6.07) is 6.67. The molecule has 5 heteroatoms. The zero-order valence-corrected chi connectivity index (χ0v) is 12.8. The molecule has 0 aliphatic rings. The van der Waals surface area contributed by atoms with Gasteiger partial charge < -0.3 is 10.1 Å². The lowest BCUT2D eigenvalue weighted by Gasteiger charge is -2.15. The van der Waals surface area contributed by atoms with Crippen LogP contribution >= 0.6 is 0 Å². The van der Waals surface area contributed by atoms with Crippen molar-refractivity contribution in [1.29, 1.82) is 5.26 Å². The largest absolute Gasteiger partial charge is 0.383 e. The summed E-state index contributed by atoms with van der Waals surface area (Å²) in [5, 5.41) is 11.7. The number of hydrogen-bond acceptors (Lipinski definition) is 4. The minimum Gasteiger partial charge on any atom is -0.383 e. The molecule has 0 bridgehead atoms. The third kappa shape index (κ3) is 4.40. The molecule has 1 aromatic carbocycles. The molecule has 0 aliphatic heterocycles. The lowest BCUT2D eigenvalue weighted by Crippen LogP contribution is -2.41. The first-order valence-electron chi connectivity index (χ1n) is 6.71. The Balaban J connectivity index is 2.89.